The number of nitrogens with zero attached hydrogens (tertiary/aromatic N) is 5. The number of tetrazole rings is 1. The van der Waals surface area contributed by atoms with Crippen molar-refractivity contribution >= 4 is 11.4 Å². The standard InChI is InChI=1S/C24H32N6O4/c1-14-8-7-9-18(15(14)2)30(13-20-26-28-29(4)27-20)21-17-12-16(25)10-11-19(17)34-24(3,22(21)31)23(32-5)33-6/h7-12,21-23,31H,13,25H2,1-6H3/t21-,22+,24-/m0/s1. The fourth-order valence-corrected chi connectivity index (χ4v) is 4.68. The Bertz CT molecular complexity index is 1160. The second-order valence-electron chi connectivity index (χ2n) is 8.82. The van der Waals surface area contributed by atoms with Gasteiger partial charge in [-0.3, -0.25) is 0 Å². The molecule has 182 valence electrons. The van der Waals surface area contributed by atoms with Crippen LogP contribution in [-0.4, -0.2) is 57.5 Å². The summed E-state index contributed by atoms with van der Waals surface area (Å²) in [5.74, 6) is 1.11. The summed E-state index contributed by atoms with van der Waals surface area (Å²) in [7, 11) is 4.76. The van der Waals surface area contributed by atoms with Gasteiger partial charge in [0.25, 0.3) is 0 Å². The topological polar surface area (TPSA) is 121 Å². The molecule has 1 aliphatic heterocycles. The van der Waals surface area contributed by atoms with E-state index < -0.39 is 24.0 Å². The number of aliphatic hydroxyl groups excluding tert-OH is 1. The van der Waals surface area contributed by atoms with Crippen LogP contribution in [0.25, 0.3) is 0 Å². The molecule has 0 amide bonds. The van der Waals surface area contributed by atoms with Crippen LogP contribution in [0.3, 0.4) is 0 Å². The molecule has 0 fully saturated rings. The lowest BCUT2D eigenvalue weighted by molar-refractivity contribution is -0.237. The number of aliphatic hydroxyl groups is 1. The maximum atomic E-state index is 11.9. The molecule has 3 atom stereocenters. The van der Waals surface area contributed by atoms with E-state index in [1.54, 1.807) is 20.0 Å². The summed E-state index contributed by atoms with van der Waals surface area (Å²) < 4.78 is 17.4. The number of anilines is 2. The van der Waals surface area contributed by atoms with Gasteiger partial charge < -0.3 is 30.0 Å². The summed E-state index contributed by atoms with van der Waals surface area (Å²) in [6.45, 7) is 6.19. The Balaban J connectivity index is 1.93. The number of benzene rings is 2. The molecule has 0 bridgehead atoms. The van der Waals surface area contributed by atoms with Crippen molar-refractivity contribution in [2.24, 2.45) is 7.05 Å². The highest BCUT2D eigenvalue weighted by Gasteiger charge is 2.54. The first-order valence-corrected chi connectivity index (χ1v) is 11.1. The zero-order valence-electron chi connectivity index (χ0n) is 20.4. The predicted octanol–water partition coefficient (Wildman–Crippen LogP) is 2.29. The summed E-state index contributed by atoms with van der Waals surface area (Å²) in [5.41, 5.74) is 9.40. The first kappa shape index (κ1) is 23.9. The van der Waals surface area contributed by atoms with Gasteiger partial charge in [-0.05, 0) is 61.4 Å². The average molecular weight is 469 g/mol. The highest BCUT2D eigenvalue weighted by Crippen LogP contribution is 2.47. The van der Waals surface area contributed by atoms with E-state index in [1.165, 1.54) is 19.0 Å². The third-order valence-corrected chi connectivity index (χ3v) is 6.55. The van der Waals surface area contributed by atoms with Gasteiger partial charge >= 0.3 is 0 Å². The molecule has 0 aliphatic carbocycles. The molecule has 3 aromatic rings. The van der Waals surface area contributed by atoms with Crippen molar-refractivity contribution in [3.05, 3.63) is 58.9 Å². The molecule has 1 aliphatic rings. The largest absolute Gasteiger partial charge is 0.479 e. The highest BCUT2D eigenvalue weighted by atomic mass is 16.7. The number of aryl methyl sites for hydroxylation is 2. The molecule has 10 nitrogen and oxygen atoms in total. The molecule has 34 heavy (non-hydrogen) atoms. The third kappa shape index (κ3) is 4.08. The van der Waals surface area contributed by atoms with Gasteiger partial charge in [0.15, 0.2) is 17.7 Å². The van der Waals surface area contributed by atoms with Gasteiger partial charge in [-0.25, -0.2) is 0 Å². The Morgan fingerprint density at radius 2 is 1.97 bits per heavy atom. The van der Waals surface area contributed by atoms with E-state index in [2.05, 4.69) is 40.2 Å². The number of fused-ring (bicyclic) bond motifs is 1. The van der Waals surface area contributed by atoms with Crippen LogP contribution >= 0.6 is 0 Å². The Kier molecular flexibility index (Phi) is 6.48. The van der Waals surface area contributed by atoms with Crippen LogP contribution in [0.1, 0.15) is 35.5 Å². The summed E-state index contributed by atoms with van der Waals surface area (Å²) in [4.78, 5) is 3.49. The maximum absolute atomic E-state index is 11.9. The van der Waals surface area contributed by atoms with Crippen LogP contribution in [0.2, 0.25) is 0 Å². The fraction of sp³-hybridized carbons (Fsp3) is 0.458. The molecule has 1 aromatic heterocycles. The molecule has 2 aromatic carbocycles. The molecule has 4 rings (SSSR count). The normalized spacial score (nSPS) is 21.9. The number of ether oxygens (including phenoxy) is 3. The predicted molar refractivity (Wildman–Crippen MR) is 127 cm³/mol. The second kappa shape index (κ2) is 9.21. The second-order valence-corrected chi connectivity index (χ2v) is 8.82. The Morgan fingerprint density at radius 3 is 2.62 bits per heavy atom. The third-order valence-electron chi connectivity index (χ3n) is 6.55. The molecular formula is C24H32N6O4. The van der Waals surface area contributed by atoms with Gasteiger partial charge in [-0.1, -0.05) is 12.1 Å². The minimum absolute atomic E-state index is 0.300. The molecule has 0 saturated heterocycles. The van der Waals surface area contributed by atoms with E-state index in [0.29, 0.717) is 23.8 Å². The number of hydrogen-bond acceptors (Lipinski definition) is 9. The minimum Gasteiger partial charge on any atom is -0.479 e. The van der Waals surface area contributed by atoms with Crippen LogP contribution in [0.4, 0.5) is 11.4 Å². The molecule has 0 radical (unpaired) electrons. The molecule has 2 heterocycles. The van der Waals surface area contributed by atoms with Crippen LogP contribution in [0.15, 0.2) is 36.4 Å². The van der Waals surface area contributed by atoms with Gasteiger partial charge in [-0.2, -0.15) is 4.80 Å². The van der Waals surface area contributed by atoms with E-state index in [-0.39, 0.29) is 0 Å². The van der Waals surface area contributed by atoms with Crippen molar-refractivity contribution in [1.82, 2.24) is 20.2 Å². The lowest BCUT2D eigenvalue weighted by Gasteiger charge is -2.50. The zero-order chi connectivity index (χ0) is 24.6. The van der Waals surface area contributed by atoms with E-state index in [0.717, 1.165) is 22.4 Å². The van der Waals surface area contributed by atoms with Gasteiger partial charge in [0, 0.05) is 31.2 Å². The molecule has 0 saturated carbocycles. The van der Waals surface area contributed by atoms with Gasteiger partial charge in [0.05, 0.1) is 19.6 Å². The number of aromatic nitrogens is 4. The van der Waals surface area contributed by atoms with Gasteiger partial charge in [0.2, 0.25) is 0 Å². The SMILES string of the molecule is COC(OC)[C@@]1(C)Oc2ccc(N)cc2[C@H](N(Cc2nnn(C)n2)c2cccc(C)c2C)[C@H]1O. The Morgan fingerprint density at radius 1 is 1.24 bits per heavy atom. The van der Waals surface area contributed by atoms with Gasteiger partial charge in [0.1, 0.15) is 11.9 Å². The Hall–Kier alpha value is -3.21. The summed E-state index contributed by atoms with van der Waals surface area (Å²) in [6.07, 6.45) is -1.89. The minimum atomic E-state index is -1.22. The highest BCUT2D eigenvalue weighted by molar-refractivity contribution is 5.61. The number of hydrogen-bond donors (Lipinski definition) is 2. The molecule has 3 N–H and O–H groups in total. The number of methoxy groups -OCH3 is 2. The van der Waals surface area contributed by atoms with Crippen molar-refractivity contribution in [3.8, 4) is 5.75 Å². The summed E-state index contributed by atoms with van der Waals surface area (Å²) in [5, 5.41) is 24.5. The van der Waals surface area contributed by atoms with Crippen molar-refractivity contribution in [1.29, 1.82) is 0 Å². The van der Waals surface area contributed by atoms with Crippen LogP contribution in [0.5, 0.6) is 5.75 Å². The lowest BCUT2D eigenvalue weighted by atomic mass is 9.83. The Labute approximate surface area is 199 Å². The van der Waals surface area contributed by atoms with E-state index in [1.807, 2.05) is 24.3 Å². The first-order valence-electron chi connectivity index (χ1n) is 11.1. The quantitative estimate of drug-likeness (QED) is 0.397. The van der Waals surface area contributed by atoms with Crippen molar-refractivity contribution in [2.75, 3.05) is 24.9 Å². The summed E-state index contributed by atoms with van der Waals surface area (Å²) >= 11 is 0. The van der Waals surface area contributed by atoms with Gasteiger partial charge in [-0.15, -0.1) is 10.2 Å². The first-order chi connectivity index (χ1) is 16.2. The molecule has 10 heteroatoms. The van der Waals surface area contributed by atoms with Crippen LogP contribution in [0, 0.1) is 13.8 Å². The number of nitrogen functional groups attached to an aromatic ring is 1. The van der Waals surface area contributed by atoms with Crippen molar-refractivity contribution in [3.63, 3.8) is 0 Å². The van der Waals surface area contributed by atoms with E-state index >= 15 is 0 Å². The maximum Gasteiger partial charge on any atom is 0.199 e. The average Bonchev–Trinajstić information content (AvgIpc) is 3.21. The van der Waals surface area contributed by atoms with Crippen LogP contribution < -0.4 is 15.4 Å². The fourth-order valence-electron chi connectivity index (χ4n) is 4.68. The zero-order valence-corrected chi connectivity index (χ0v) is 20.4. The molecule has 0 unspecified atom stereocenters. The van der Waals surface area contributed by atoms with E-state index in [9.17, 15) is 5.11 Å². The van der Waals surface area contributed by atoms with E-state index in [4.69, 9.17) is 19.9 Å². The van der Waals surface area contributed by atoms with Crippen molar-refractivity contribution in [2.45, 2.75) is 51.4 Å². The number of rotatable bonds is 7. The van der Waals surface area contributed by atoms with Crippen LogP contribution in [-0.2, 0) is 23.1 Å². The smallest absolute Gasteiger partial charge is 0.199 e. The molecule has 0 spiro atoms. The summed E-state index contributed by atoms with van der Waals surface area (Å²) in [6, 6.07) is 10.9. The monoisotopic (exact) mass is 468 g/mol. The molecular weight excluding hydrogens is 436 g/mol. The number of nitrogens with two attached hydrogens (primary N) is 1. The lowest BCUT2D eigenvalue weighted by Crippen LogP contribution is -2.62. The van der Waals surface area contributed by atoms with Crippen molar-refractivity contribution < 1.29 is 19.3 Å².